The fourth-order valence-electron chi connectivity index (χ4n) is 5.77. The zero-order chi connectivity index (χ0) is 41.8. The van der Waals surface area contributed by atoms with Gasteiger partial charge in [0.1, 0.15) is 6.61 Å². The molecule has 9 nitrogen and oxygen atoms in total. The number of hydrogen-bond donors (Lipinski definition) is 2. The molecule has 0 bridgehead atoms. The van der Waals surface area contributed by atoms with E-state index < -0.39 is 32.5 Å². The van der Waals surface area contributed by atoms with E-state index in [9.17, 15) is 19.0 Å². The number of hydrogen-bond acceptors (Lipinski definition) is 8. The van der Waals surface area contributed by atoms with E-state index in [0.29, 0.717) is 12.8 Å². The molecule has 57 heavy (non-hydrogen) atoms. The van der Waals surface area contributed by atoms with Gasteiger partial charge in [-0.3, -0.25) is 18.6 Å². The Kier molecular flexibility index (Phi) is 41.1. The third-order valence-electron chi connectivity index (χ3n) is 9.08. The predicted octanol–water partition coefficient (Wildman–Crippen LogP) is 13.1. The maximum atomic E-state index is 12.6. The Morgan fingerprint density at radius 2 is 0.965 bits per heavy atom. The molecule has 0 aliphatic rings. The summed E-state index contributed by atoms with van der Waals surface area (Å²) in [6.45, 7) is 3.55. The van der Waals surface area contributed by atoms with Crippen molar-refractivity contribution in [3.8, 4) is 0 Å². The lowest BCUT2D eigenvalue weighted by Crippen LogP contribution is -2.29. The van der Waals surface area contributed by atoms with Crippen molar-refractivity contribution in [1.29, 1.82) is 0 Å². The van der Waals surface area contributed by atoms with Gasteiger partial charge in [-0.25, -0.2) is 4.57 Å². The minimum atomic E-state index is -4.39. The molecule has 0 radical (unpaired) electrons. The van der Waals surface area contributed by atoms with Crippen molar-refractivity contribution in [2.45, 2.75) is 187 Å². The van der Waals surface area contributed by atoms with Crippen LogP contribution in [0.25, 0.3) is 0 Å². The number of carbonyl (C=O) groups excluding carboxylic acids is 2. The summed E-state index contributed by atoms with van der Waals surface area (Å²) < 4.78 is 32.7. The lowest BCUT2D eigenvalue weighted by molar-refractivity contribution is -0.161. The van der Waals surface area contributed by atoms with Crippen LogP contribution in [-0.4, -0.2) is 49.3 Å². The average Bonchev–Trinajstić information content (AvgIpc) is 3.20. The molecule has 0 heterocycles. The van der Waals surface area contributed by atoms with E-state index in [2.05, 4.69) is 86.8 Å². The minimum Gasteiger partial charge on any atom is -0.462 e. The summed E-state index contributed by atoms with van der Waals surface area (Å²) in [6, 6.07) is 0. The normalized spacial score (nSPS) is 14.0. The molecule has 0 aliphatic carbocycles. The topological polar surface area (TPSA) is 134 Å². The second-order valence-corrected chi connectivity index (χ2v) is 16.0. The monoisotopic (exact) mass is 820 g/mol. The standard InChI is InChI=1S/C47H82NO8P/c1-3-5-7-9-11-13-15-17-18-19-20-21-22-23-24-25-26-28-30-32-34-36-38-40-47(50)56-45(44-55-57(51,52)54-42-41-48)43-53-46(49)39-37-35-33-31-29-27-16-14-12-10-8-6-4-2/h6,8,12,14-15,17,19-20,22-23,27,29,45H,3-5,7,9-11,13,16,18,21,24-26,28,30-44,48H2,1-2H3,(H,51,52)/b8-6-,14-12-,17-15-,20-19-,23-22-,29-27-. The molecular weight excluding hydrogens is 737 g/mol. The lowest BCUT2D eigenvalue weighted by atomic mass is 10.1. The van der Waals surface area contributed by atoms with Crippen LogP contribution in [0.15, 0.2) is 72.9 Å². The molecule has 0 saturated heterocycles. The van der Waals surface area contributed by atoms with Crippen molar-refractivity contribution >= 4 is 19.8 Å². The van der Waals surface area contributed by atoms with Crippen molar-refractivity contribution in [2.75, 3.05) is 26.4 Å². The molecule has 0 amide bonds. The van der Waals surface area contributed by atoms with Gasteiger partial charge in [-0.05, 0) is 83.5 Å². The van der Waals surface area contributed by atoms with Crippen molar-refractivity contribution in [3.05, 3.63) is 72.9 Å². The first kappa shape index (κ1) is 54.5. The van der Waals surface area contributed by atoms with Crippen molar-refractivity contribution in [3.63, 3.8) is 0 Å². The summed E-state index contributed by atoms with van der Waals surface area (Å²) in [4.78, 5) is 34.9. The fraction of sp³-hybridized carbons (Fsp3) is 0.702. The summed E-state index contributed by atoms with van der Waals surface area (Å²) in [5, 5.41) is 0. The van der Waals surface area contributed by atoms with Gasteiger partial charge in [0.25, 0.3) is 0 Å². The van der Waals surface area contributed by atoms with Gasteiger partial charge in [-0.2, -0.15) is 0 Å². The first-order chi connectivity index (χ1) is 27.8. The number of phosphoric ester groups is 1. The Morgan fingerprint density at radius 1 is 0.544 bits per heavy atom. The second kappa shape index (κ2) is 43.0. The van der Waals surface area contributed by atoms with E-state index >= 15 is 0 Å². The summed E-state index contributed by atoms with van der Waals surface area (Å²) in [7, 11) is -4.39. The summed E-state index contributed by atoms with van der Waals surface area (Å²) in [5.41, 5.74) is 5.35. The van der Waals surface area contributed by atoms with Gasteiger partial charge < -0.3 is 20.1 Å². The minimum absolute atomic E-state index is 0.0443. The average molecular weight is 820 g/mol. The van der Waals surface area contributed by atoms with Gasteiger partial charge in [0.15, 0.2) is 6.10 Å². The SMILES string of the molecule is CC/C=C\C/C=C\C/C=C\CCCCCC(=O)OCC(COP(=O)(O)OCCN)OC(=O)CCCCCCCCCC/C=C\C/C=C\C/C=C\CCCCCCC. The number of carbonyl (C=O) groups is 2. The third kappa shape index (κ3) is 42.9. The number of nitrogens with two attached hydrogens (primary N) is 1. The molecule has 0 aromatic heterocycles. The number of ether oxygens (including phenoxy) is 2. The molecule has 0 saturated carbocycles. The van der Waals surface area contributed by atoms with Crippen LogP contribution in [0.1, 0.15) is 181 Å². The van der Waals surface area contributed by atoms with Crippen LogP contribution in [0.5, 0.6) is 0 Å². The van der Waals surface area contributed by atoms with E-state index in [1.807, 2.05) is 0 Å². The molecule has 3 N–H and O–H groups in total. The summed E-state index contributed by atoms with van der Waals surface area (Å²) in [5.74, 6) is -0.877. The lowest BCUT2D eigenvalue weighted by Gasteiger charge is -2.19. The number of rotatable bonds is 41. The van der Waals surface area contributed by atoms with Gasteiger partial charge >= 0.3 is 19.8 Å². The molecular formula is C47H82NO8P. The number of unbranched alkanes of at least 4 members (excludes halogenated alkanes) is 16. The van der Waals surface area contributed by atoms with Gasteiger partial charge in [0, 0.05) is 19.4 Å². The Labute approximate surface area is 348 Å². The fourth-order valence-corrected chi connectivity index (χ4v) is 6.54. The van der Waals surface area contributed by atoms with Crippen LogP contribution in [-0.2, 0) is 32.7 Å². The summed E-state index contributed by atoms with van der Waals surface area (Å²) in [6.07, 6.45) is 52.2. The third-order valence-corrected chi connectivity index (χ3v) is 10.1. The maximum Gasteiger partial charge on any atom is 0.472 e. The van der Waals surface area contributed by atoms with E-state index in [1.54, 1.807) is 0 Å². The molecule has 0 fully saturated rings. The van der Waals surface area contributed by atoms with Crippen molar-refractivity contribution in [2.24, 2.45) is 5.73 Å². The molecule has 0 rings (SSSR count). The molecule has 328 valence electrons. The first-order valence-electron chi connectivity index (χ1n) is 22.4. The Bertz CT molecular complexity index is 1160. The highest BCUT2D eigenvalue weighted by atomic mass is 31.2. The molecule has 0 aliphatic heterocycles. The van der Waals surface area contributed by atoms with Crippen LogP contribution in [0.2, 0.25) is 0 Å². The maximum absolute atomic E-state index is 12.6. The predicted molar refractivity (Wildman–Crippen MR) is 238 cm³/mol. The highest BCUT2D eigenvalue weighted by molar-refractivity contribution is 7.47. The first-order valence-corrected chi connectivity index (χ1v) is 23.9. The van der Waals surface area contributed by atoms with Gasteiger partial charge in [0.05, 0.1) is 13.2 Å². The van der Waals surface area contributed by atoms with E-state index in [1.165, 1.54) is 64.2 Å². The molecule has 2 atom stereocenters. The zero-order valence-corrected chi connectivity index (χ0v) is 36.9. The second-order valence-electron chi connectivity index (χ2n) is 14.5. The van der Waals surface area contributed by atoms with E-state index in [-0.39, 0.29) is 32.6 Å². The van der Waals surface area contributed by atoms with Crippen molar-refractivity contribution < 1.29 is 37.6 Å². The van der Waals surface area contributed by atoms with Gasteiger partial charge in [0.2, 0.25) is 0 Å². The molecule has 2 unspecified atom stereocenters. The summed E-state index contributed by atoms with van der Waals surface area (Å²) >= 11 is 0. The van der Waals surface area contributed by atoms with Crippen LogP contribution in [0.3, 0.4) is 0 Å². The van der Waals surface area contributed by atoms with Crippen LogP contribution in [0.4, 0.5) is 0 Å². The Balaban J connectivity index is 4.15. The van der Waals surface area contributed by atoms with Crippen LogP contribution < -0.4 is 5.73 Å². The van der Waals surface area contributed by atoms with Gasteiger partial charge in [-0.15, -0.1) is 0 Å². The molecule has 0 aromatic rings. The molecule has 0 aromatic carbocycles. The quantitative estimate of drug-likeness (QED) is 0.0267. The highest BCUT2D eigenvalue weighted by Gasteiger charge is 2.26. The van der Waals surface area contributed by atoms with Crippen molar-refractivity contribution in [1.82, 2.24) is 0 Å². The van der Waals surface area contributed by atoms with E-state index in [4.69, 9.17) is 24.3 Å². The van der Waals surface area contributed by atoms with Crippen LogP contribution in [0, 0.1) is 0 Å². The highest BCUT2D eigenvalue weighted by Crippen LogP contribution is 2.43. The van der Waals surface area contributed by atoms with Crippen LogP contribution >= 0.6 is 7.82 Å². The largest absolute Gasteiger partial charge is 0.472 e. The number of allylic oxidation sites excluding steroid dienone is 12. The number of esters is 2. The molecule has 10 heteroatoms. The number of phosphoric acid groups is 1. The Hall–Kier alpha value is -2.55. The van der Waals surface area contributed by atoms with E-state index in [0.717, 1.165) is 77.0 Å². The molecule has 0 spiro atoms. The Morgan fingerprint density at radius 3 is 1.46 bits per heavy atom. The zero-order valence-electron chi connectivity index (χ0n) is 36.0. The smallest absolute Gasteiger partial charge is 0.462 e. The van der Waals surface area contributed by atoms with Gasteiger partial charge in [-0.1, -0.05) is 157 Å².